The molecule has 0 radical (unpaired) electrons. The van der Waals surface area contributed by atoms with E-state index in [1.165, 1.54) is 13.0 Å². The molecular formula is C17H17BrF2NO4PS. The Morgan fingerprint density at radius 2 is 1.81 bits per heavy atom. The minimum atomic E-state index is -5.00. The lowest BCUT2D eigenvalue weighted by Gasteiger charge is -2.14. The van der Waals surface area contributed by atoms with Gasteiger partial charge in [0, 0.05) is 24.1 Å². The number of halogens is 3. The Morgan fingerprint density at radius 1 is 1.22 bits per heavy atom. The first-order valence-electron chi connectivity index (χ1n) is 7.70. The normalized spacial score (nSPS) is 13.3. The van der Waals surface area contributed by atoms with Gasteiger partial charge in [-0.15, -0.1) is 0 Å². The van der Waals surface area contributed by atoms with Crippen molar-refractivity contribution < 1.29 is 27.6 Å². The third-order valence-electron chi connectivity index (χ3n) is 3.28. The van der Waals surface area contributed by atoms with Crippen molar-refractivity contribution >= 4 is 46.9 Å². The lowest BCUT2D eigenvalue weighted by molar-refractivity contribution is -0.114. The standard InChI is InChI=1S/C17H17BrF2NO4PS/c1-11(22)21-14-5-2-12(3-6-14)9-27-10-13-4-7-16(15(18)8-13)25-26(23,24)17(19)20/h2-8,17H,9-10H2,1H3,(H,21,22)(H,23,24). The van der Waals surface area contributed by atoms with Crippen LogP contribution in [-0.2, 0) is 20.9 Å². The molecule has 10 heteroatoms. The van der Waals surface area contributed by atoms with Crippen LogP contribution in [0.25, 0.3) is 0 Å². The molecule has 2 aromatic carbocycles. The van der Waals surface area contributed by atoms with Gasteiger partial charge in [0.05, 0.1) is 4.47 Å². The van der Waals surface area contributed by atoms with E-state index in [1.807, 2.05) is 24.3 Å². The Kier molecular flexibility index (Phi) is 7.85. The molecule has 0 aliphatic heterocycles. The van der Waals surface area contributed by atoms with Crippen LogP contribution in [0.4, 0.5) is 14.5 Å². The molecule has 0 aromatic heterocycles. The van der Waals surface area contributed by atoms with E-state index in [4.69, 9.17) is 4.89 Å². The van der Waals surface area contributed by atoms with E-state index in [0.29, 0.717) is 10.2 Å². The summed E-state index contributed by atoms with van der Waals surface area (Å²) in [5.74, 6) is 1.16. The van der Waals surface area contributed by atoms with Crippen LogP contribution in [0, 0.1) is 0 Å². The number of hydrogen-bond donors (Lipinski definition) is 2. The molecule has 0 saturated heterocycles. The van der Waals surface area contributed by atoms with Crippen molar-refractivity contribution in [2.45, 2.75) is 24.6 Å². The minimum absolute atomic E-state index is 0.108. The molecule has 27 heavy (non-hydrogen) atoms. The van der Waals surface area contributed by atoms with Crippen LogP contribution < -0.4 is 9.84 Å². The second-order valence-electron chi connectivity index (χ2n) is 5.57. The van der Waals surface area contributed by atoms with Gasteiger partial charge in [-0.25, -0.2) is 4.57 Å². The smallest absolute Gasteiger partial charge is 0.420 e. The molecule has 0 aliphatic rings. The van der Waals surface area contributed by atoms with Gasteiger partial charge in [0.1, 0.15) is 5.75 Å². The molecule has 2 aromatic rings. The van der Waals surface area contributed by atoms with E-state index < -0.39 is 13.8 Å². The molecule has 0 bridgehead atoms. The highest BCUT2D eigenvalue weighted by Gasteiger charge is 2.34. The summed E-state index contributed by atoms with van der Waals surface area (Å²) in [5, 5.41) is 2.70. The van der Waals surface area contributed by atoms with Crippen LogP contribution in [0.2, 0.25) is 0 Å². The number of carbonyl (C=O) groups is 1. The average molecular weight is 480 g/mol. The fraction of sp³-hybridized carbons (Fsp3) is 0.235. The molecule has 0 spiro atoms. The fourth-order valence-electron chi connectivity index (χ4n) is 2.06. The number of alkyl halides is 2. The number of thioether (sulfide) groups is 1. The van der Waals surface area contributed by atoms with Crippen LogP contribution in [0.3, 0.4) is 0 Å². The van der Waals surface area contributed by atoms with Gasteiger partial charge in [0.25, 0.3) is 0 Å². The molecule has 0 aliphatic carbocycles. The lowest BCUT2D eigenvalue weighted by atomic mass is 10.2. The summed E-state index contributed by atoms with van der Waals surface area (Å²) in [6.07, 6.45) is -3.46. The van der Waals surface area contributed by atoms with E-state index in [2.05, 4.69) is 25.8 Å². The summed E-state index contributed by atoms with van der Waals surface area (Å²) in [4.78, 5) is 20.1. The van der Waals surface area contributed by atoms with Crippen molar-refractivity contribution in [2.75, 3.05) is 5.32 Å². The maximum Gasteiger partial charge on any atom is 0.442 e. The van der Waals surface area contributed by atoms with Gasteiger partial charge in [0.2, 0.25) is 5.91 Å². The molecule has 0 saturated carbocycles. The van der Waals surface area contributed by atoms with E-state index in [9.17, 15) is 18.1 Å². The number of benzene rings is 2. The first kappa shape index (κ1) is 21.9. The summed E-state index contributed by atoms with van der Waals surface area (Å²) in [6, 6.07) is 12.2. The van der Waals surface area contributed by atoms with E-state index in [0.717, 1.165) is 22.6 Å². The van der Waals surface area contributed by atoms with Gasteiger partial charge in [-0.1, -0.05) is 18.2 Å². The Hall–Kier alpha value is -1.41. The van der Waals surface area contributed by atoms with Crippen LogP contribution >= 0.6 is 35.3 Å². The largest absolute Gasteiger partial charge is 0.442 e. The summed E-state index contributed by atoms with van der Waals surface area (Å²) in [6.45, 7) is 1.45. The van der Waals surface area contributed by atoms with Crippen molar-refractivity contribution in [2.24, 2.45) is 0 Å². The molecule has 0 fully saturated rings. The molecular weight excluding hydrogens is 463 g/mol. The predicted molar refractivity (Wildman–Crippen MR) is 106 cm³/mol. The summed E-state index contributed by atoms with van der Waals surface area (Å²) in [7, 11) is -5.00. The van der Waals surface area contributed by atoms with Gasteiger partial charge >= 0.3 is 13.8 Å². The van der Waals surface area contributed by atoms with Gasteiger partial charge in [-0.3, -0.25) is 4.79 Å². The first-order chi connectivity index (χ1) is 12.7. The Morgan fingerprint density at radius 3 is 2.37 bits per heavy atom. The number of anilines is 1. The van der Waals surface area contributed by atoms with Crippen molar-refractivity contribution in [3.05, 3.63) is 58.1 Å². The number of hydrogen-bond acceptors (Lipinski definition) is 4. The van der Waals surface area contributed by atoms with Crippen LogP contribution in [0.5, 0.6) is 5.75 Å². The zero-order valence-corrected chi connectivity index (χ0v) is 17.5. The number of amides is 1. The summed E-state index contributed by atoms with van der Waals surface area (Å²) in [5.41, 5.74) is 2.73. The maximum absolute atomic E-state index is 12.4. The highest BCUT2D eigenvalue weighted by atomic mass is 79.9. The minimum Gasteiger partial charge on any atom is -0.420 e. The topological polar surface area (TPSA) is 75.6 Å². The Bertz CT molecular complexity index is 851. The van der Waals surface area contributed by atoms with Crippen molar-refractivity contribution in [3.63, 3.8) is 0 Å². The first-order valence-corrected chi connectivity index (χ1v) is 11.3. The highest BCUT2D eigenvalue weighted by Crippen LogP contribution is 2.50. The molecule has 2 rings (SSSR count). The van der Waals surface area contributed by atoms with Gasteiger partial charge in [0.15, 0.2) is 0 Å². The van der Waals surface area contributed by atoms with Crippen LogP contribution in [-0.4, -0.2) is 17.0 Å². The molecule has 1 atom stereocenters. The van der Waals surface area contributed by atoms with Crippen molar-refractivity contribution in [1.29, 1.82) is 0 Å². The van der Waals surface area contributed by atoms with Gasteiger partial charge < -0.3 is 14.7 Å². The monoisotopic (exact) mass is 479 g/mol. The zero-order chi connectivity index (χ0) is 20.0. The zero-order valence-electron chi connectivity index (χ0n) is 14.2. The molecule has 2 N–H and O–H groups in total. The summed E-state index contributed by atoms with van der Waals surface area (Å²) < 4.78 is 41.0. The second-order valence-corrected chi connectivity index (χ2v) is 9.11. The van der Waals surface area contributed by atoms with E-state index >= 15 is 0 Å². The summed E-state index contributed by atoms with van der Waals surface area (Å²) >= 11 is 4.81. The third-order valence-corrected chi connectivity index (χ3v) is 5.93. The number of nitrogens with one attached hydrogen (secondary N) is 1. The van der Waals surface area contributed by atoms with Gasteiger partial charge in [-0.05, 0) is 51.3 Å². The van der Waals surface area contributed by atoms with Crippen molar-refractivity contribution in [1.82, 2.24) is 0 Å². The Labute approximate surface area is 168 Å². The third kappa shape index (κ3) is 6.92. The van der Waals surface area contributed by atoms with E-state index in [-0.39, 0.29) is 11.7 Å². The molecule has 1 amide bonds. The van der Waals surface area contributed by atoms with Crippen molar-refractivity contribution in [3.8, 4) is 5.75 Å². The van der Waals surface area contributed by atoms with Crippen LogP contribution in [0.15, 0.2) is 46.9 Å². The maximum atomic E-state index is 12.4. The molecule has 5 nitrogen and oxygen atoms in total. The molecule has 0 heterocycles. The quantitative estimate of drug-likeness (QED) is 0.480. The predicted octanol–water partition coefficient (Wildman–Crippen LogP) is 5.63. The van der Waals surface area contributed by atoms with Gasteiger partial charge in [-0.2, -0.15) is 20.5 Å². The second kappa shape index (κ2) is 9.68. The molecule has 1 unspecified atom stereocenters. The number of carbonyl (C=O) groups excluding carboxylic acids is 1. The Balaban J connectivity index is 1.90. The highest BCUT2D eigenvalue weighted by molar-refractivity contribution is 9.10. The molecule has 146 valence electrons. The lowest BCUT2D eigenvalue weighted by Crippen LogP contribution is -2.05. The van der Waals surface area contributed by atoms with Crippen LogP contribution in [0.1, 0.15) is 18.1 Å². The number of rotatable bonds is 8. The SMILES string of the molecule is CC(=O)Nc1ccc(CSCc2ccc(OP(=O)(O)C(F)F)c(Br)c2)cc1. The van der Waals surface area contributed by atoms with E-state index in [1.54, 1.807) is 23.9 Å². The fourth-order valence-corrected chi connectivity index (χ4v) is 4.16. The average Bonchev–Trinajstić information content (AvgIpc) is 2.58.